The van der Waals surface area contributed by atoms with E-state index in [1.165, 1.54) is 4.90 Å². The van der Waals surface area contributed by atoms with Gasteiger partial charge >= 0.3 is 5.97 Å². The fourth-order valence-corrected chi connectivity index (χ4v) is 4.62. The topological polar surface area (TPSA) is 100 Å². The average Bonchev–Trinajstić information content (AvgIpc) is 2.98. The Labute approximate surface area is 239 Å². The molecule has 8 heteroatoms. The standard InChI is InChI=1S/C33H33N3O5/c1-23-9-8-10-25(34-23)22-35(2)32(39)29-13-6-4-11-27(29)28-12-5-7-14-30(28)33(40)36(20-19-31(37)38)21-24-15-17-26(41-3)18-16-24/h4-18H,19-22H2,1-3H3,(H,37,38). The molecule has 0 unspecified atom stereocenters. The lowest BCUT2D eigenvalue weighted by Crippen LogP contribution is -2.33. The second-order valence-corrected chi connectivity index (χ2v) is 9.74. The van der Waals surface area contributed by atoms with Gasteiger partial charge in [-0.15, -0.1) is 0 Å². The van der Waals surface area contributed by atoms with E-state index in [1.54, 1.807) is 55.5 Å². The fourth-order valence-electron chi connectivity index (χ4n) is 4.62. The minimum Gasteiger partial charge on any atom is -0.497 e. The second-order valence-electron chi connectivity index (χ2n) is 9.74. The zero-order valence-corrected chi connectivity index (χ0v) is 23.4. The highest BCUT2D eigenvalue weighted by Crippen LogP contribution is 2.30. The van der Waals surface area contributed by atoms with Gasteiger partial charge in [-0.1, -0.05) is 54.6 Å². The third-order valence-electron chi connectivity index (χ3n) is 6.71. The van der Waals surface area contributed by atoms with Crippen molar-refractivity contribution < 1.29 is 24.2 Å². The molecule has 0 saturated heterocycles. The number of carboxylic acid groups (broad SMARTS) is 1. The zero-order valence-electron chi connectivity index (χ0n) is 23.4. The van der Waals surface area contributed by atoms with Crippen LogP contribution in [0.1, 0.15) is 44.1 Å². The van der Waals surface area contributed by atoms with E-state index in [0.717, 1.165) is 17.0 Å². The Hall–Kier alpha value is -4.98. The molecular weight excluding hydrogens is 518 g/mol. The number of hydrogen-bond acceptors (Lipinski definition) is 5. The van der Waals surface area contributed by atoms with Crippen LogP contribution in [0.3, 0.4) is 0 Å². The Morgan fingerprint density at radius 2 is 1.39 bits per heavy atom. The molecule has 4 aromatic rings. The van der Waals surface area contributed by atoms with Crippen LogP contribution in [0.25, 0.3) is 11.1 Å². The van der Waals surface area contributed by atoms with Crippen molar-refractivity contribution in [3.8, 4) is 16.9 Å². The number of ether oxygens (including phenoxy) is 1. The first kappa shape index (κ1) is 29.0. The normalized spacial score (nSPS) is 10.6. The Kier molecular flexibility index (Phi) is 9.47. The lowest BCUT2D eigenvalue weighted by molar-refractivity contribution is -0.137. The molecule has 0 aliphatic rings. The summed E-state index contributed by atoms with van der Waals surface area (Å²) in [6.07, 6.45) is -0.197. The van der Waals surface area contributed by atoms with E-state index >= 15 is 0 Å². The zero-order chi connectivity index (χ0) is 29.4. The van der Waals surface area contributed by atoms with E-state index in [9.17, 15) is 19.5 Å². The van der Waals surface area contributed by atoms with Crippen molar-refractivity contribution in [2.24, 2.45) is 0 Å². The van der Waals surface area contributed by atoms with E-state index in [4.69, 9.17) is 4.74 Å². The number of amides is 2. The van der Waals surface area contributed by atoms with Crippen molar-refractivity contribution in [1.82, 2.24) is 14.8 Å². The first-order valence-electron chi connectivity index (χ1n) is 13.3. The predicted octanol–water partition coefficient (Wildman–Crippen LogP) is 5.45. The van der Waals surface area contributed by atoms with Gasteiger partial charge in [0.15, 0.2) is 0 Å². The van der Waals surface area contributed by atoms with Crippen LogP contribution in [0.2, 0.25) is 0 Å². The quantitative estimate of drug-likeness (QED) is 0.266. The summed E-state index contributed by atoms with van der Waals surface area (Å²) >= 11 is 0. The van der Waals surface area contributed by atoms with E-state index in [1.807, 2.05) is 61.5 Å². The SMILES string of the molecule is COc1ccc(CN(CCC(=O)O)C(=O)c2ccccc2-c2ccccc2C(=O)N(C)Cc2cccc(C)n2)cc1. The first-order chi connectivity index (χ1) is 19.8. The monoisotopic (exact) mass is 551 g/mol. The van der Waals surface area contributed by atoms with E-state index in [-0.39, 0.29) is 31.3 Å². The maximum Gasteiger partial charge on any atom is 0.305 e. The summed E-state index contributed by atoms with van der Waals surface area (Å²) in [6, 6.07) is 27.3. The van der Waals surface area contributed by atoms with Crippen LogP contribution in [-0.2, 0) is 17.9 Å². The van der Waals surface area contributed by atoms with Crippen LogP contribution < -0.4 is 4.74 Å². The van der Waals surface area contributed by atoms with Gasteiger partial charge < -0.3 is 19.6 Å². The third-order valence-corrected chi connectivity index (χ3v) is 6.71. The highest BCUT2D eigenvalue weighted by Gasteiger charge is 2.24. The molecule has 210 valence electrons. The first-order valence-corrected chi connectivity index (χ1v) is 13.3. The van der Waals surface area contributed by atoms with Gasteiger partial charge in [-0.3, -0.25) is 19.4 Å². The van der Waals surface area contributed by atoms with Crippen LogP contribution in [0.5, 0.6) is 5.75 Å². The number of aromatic nitrogens is 1. The van der Waals surface area contributed by atoms with Crippen molar-refractivity contribution in [2.75, 3.05) is 20.7 Å². The molecule has 8 nitrogen and oxygen atoms in total. The Morgan fingerprint density at radius 1 is 0.780 bits per heavy atom. The number of nitrogens with zero attached hydrogens (tertiary/aromatic N) is 3. The number of carboxylic acids is 1. The number of pyridine rings is 1. The molecule has 0 atom stereocenters. The summed E-state index contributed by atoms with van der Waals surface area (Å²) in [6.45, 7) is 2.49. The summed E-state index contributed by atoms with van der Waals surface area (Å²) in [5.41, 5.74) is 4.54. The van der Waals surface area contributed by atoms with E-state index < -0.39 is 5.97 Å². The summed E-state index contributed by atoms with van der Waals surface area (Å²) in [5, 5.41) is 9.35. The minimum atomic E-state index is -0.993. The third kappa shape index (κ3) is 7.36. The smallest absolute Gasteiger partial charge is 0.305 e. The van der Waals surface area contributed by atoms with Crippen LogP contribution in [-0.4, -0.2) is 58.4 Å². The molecule has 0 fully saturated rings. The number of benzene rings is 3. The van der Waals surface area contributed by atoms with Crippen molar-refractivity contribution in [1.29, 1.82) is 0 Å². The van der Waals surface area contributed by atoms with Gasteiger partial charge in [-0.2, -0.15) is 0 Å². The summed E-state index contributed by atoms with van der Waals surface area (Å²) in [7, 11) is 3.30. The van der Waals surface area contributed by atoms with Gasteiger partial charge in [0, 0.05) is 37.0 Å². The largest absolute Gasteiger partial charge is 0.497 e. The van der Waals surface area contributed by atoms with Gasteiger partial charge in [-0.25, -0.2) is 0 Å². The van der Waals surface area contributed by atoms with Gasteiger partial charge in [0.2, 0.25) is 0 Å². The molecule has 0 aliphatic carbocycles. The Morgan fingerprint density at radius 3 is 1.98 bits per heavy atom. The molecular formula is C33H33N3O5. The summed E-state index contributed by atoms with van der Waals surface area (Å²) < 4.78 is 5.23. The van der Waals surface area contributed by atoms with Crippen molar-refractivity contribution in [3.05, 3.63) is 119 Å². The molecule has 4 rings (SSSR count). The lowest BCUT2D eigenvalue weighted by Gasteiger charge is -2.24. The van der Waals surface area contributed by atoms with Crippen LogP contribution in [0, 0.1) is 6.92 Å². The maximum absolute atomic E-state index is 14.0. The summed E-state index contributed by atoms with van der Waals surface area (Å²) in [4.78, 5) is 46.7. The van der Waals surface area contributed by atoms with Crippen LogP contribution >= 0.6 is 0 Å². The lowest BCUT2D eigenvalue weighted by atomic mass is 9.94. The fraction of sp³-hybridized carbons (Fsp3) is 0.212. The van der Waals surface area contributed by atoms with Crippen LogP contribution in [0.4, 0.5) is 0 Å². The average molecular weight is 552 g/mol. The number of rotatable bonds is 11. The molecule has 0 spiro atoms. The number of aliphatic carboxylic acids is 1. The molecule has 1 aromatic heterocycles. The molecule has 0 aliphatic heterocycles. The van der Waals surface area contributed by atoms with Gasteiger partial charge in [0.05, 0.1) is 25.8 Å². The maximum atomic E-state index is 14.0. The molecule has 0 radical (unpaired) electrons. The summed E-state index contributed by atoms with van der Waals surface area (Å²) in [5.74, 6) is -0.829. The highest BCUT2D eigenvalue weighted by atomic mass is 16.5. The number of methoxy groups -OCH3 is 1. The van der Waals surface area contributed by atoms with Crippen molar-refractivity contribution >= 4 is 17.8 Å². The molecule has 2 amide bonds. The van der Waals surface area contributed by atoms with Crippen LogP contribution in [0.15, 0.2) is 91.0 Å². The minimum absolute atomic E-state index is 0.0291. The van der Waals surface area contributed by atoms with Gasteiger partial charge in [0.25, 0.3) is 11.8 Å². The molecule has 41 heavy (non-hydrogen) atoms. The van der Waals surface area contributed by atoms with E-state index in [2.05, 4.69) is 4.98 Å². The highest BCUT2D eigenvalue weighted by molar-refractivity contribution is 6.06. The van der Waals surface area contributed by atoms with Crippen molar-refractivity contribution in [3.63, 3.8) is 0 Å². The van der Waals surface area contributed by atoms with Gasteiger partial charge in [-0.05, 0) is 60.0 Å². The molecule has 0 saturated carbocycles. The van der Waals surface area contributed by atoms with Crippen molar-refractivity contribution in [2.45, 2.75) is 26.4 Å². The predicted molar refractivity (Wildman–Crippen MR) is 157 cm³/mol. The molecule has 3 aromatic carbocycles. The van der Waals surface area contributed by atoms with Gasteiger partial charge in [0.1, 0.15) is 5.75 Å². The molecule has 0 bridgehead atoms. The number of hydrogen-bond donors (Lipinski definition) is 1. The van der Waals surface area contributed by atoms with E-state index in [0.29, 0.717) is 34.5 Å². The Bertz CT molecular complexity index is 1530. The number of carbonyl (C=O) groups excluding carboxylic acids is 2. The number of carbonyl (C=O) groups is 3. The Balaban J connectivity index is 1.66. The second kappa shape index (κ2) is 13.4. The molecule has 1 N–H and O–H groups in total. The molecule has 1 heterocycles. The number of aryl methyl sites for hydroxylation is 1.